The quantitative estimate of drug-likeness (QED) is 0.137. The topological polar surface area (TPSA) is 98.6 Å². The summed E-state index contributed by atoms with van der Waals surface area (Å²) < 4.78 is 23.7. The second-order valence-corrected chi connectivity index (χ2v) is 13.0. The molecule has 11 nitrogen and oxygen atoms in total. The number of carbonyl (C=O) groups excluding carboxylic acids is 2. The van der Waals surface area contributed by atoms with Gasteiger partial charge in [-0.1, -0.05) is 41.4 Å². The zero-order valence-corrected chi connectivity index (χ0v) is 30.8. The van der Waals surface area contributed by atoms with Crippen molar-refractivity contribution in [3.63, 3.8) is 0 Å². The Labute approximate surface area is 303 Å². The molecule has 1 atom stereocenters. The van der Waals surface area contributed by atoms with E-state index in [4.69, 9.17) is 47.1 Å². The molecule has 0 bridgehead atoms. The maximum Gasteiger partial charge on any atom is 0.326 e. The molecule has 0 spiro atoms. The van der Waals surface area contributed by atoms with Crippen molar-refractivity contribution in [1.82, 2.24) is 19.4 Å². The number of nitrogens with zero attached hydrogens (tertiary/aromatic N) is 5. The molecule has 2 heterocycles. The Morgan fingerprint density at radius 1 is 0.920 bits per heavy atom. The Hall–Kier alpha value is -4.19. The van der Waals surface area contributed by atoms with Crippen LogP contribution in [0, 0.1) is 0 Å². The normalized spacial score (nSPS) is 14.3. The van der Waals surface area contributed by atoms with Gasteiger partial charge in [0.05, 0.1) is 49.0 Å². The van der Waals surface area contributed by atoms with Gasteiger partial charge in [0, 0.05) is 44.7 Å². The summed E-state index contributed by atoms with van der Waals surface area (Å²) in [7, 11) is 6.37. The lowest BCUT2D eigenvalue weighted by Crippen LogP contribution is -2.35. The van der Waals surface area contributed by atoms with Crippen LogP contribution >= 0.6 is 23.2 Å². The SMILES string of the molecule is CCOC(=O)Cn1c(N2CCCN(CCC(CN(C)C(=O)c3cc(OC)c(OC)c(OC)c3)c3ccc(Cl)c(Cl)c3)CC2)nc2ccccc21. The van der Waals surface area contributed by atoms with Gasteiger partial charge in [-0.3, -0.25) is 14.2 Å². The van der Waals surface area contributed by atoms with Gasteiger partial charge < -0.3 is 33.6 Å². The number of imidazole rings is 1. The predicted molar refractivity (Wildman–Crippen MR) is 197 cm³/mol. The monoisotopic (exact) mass is 725 g/mol. The first-order chi connectivity index (χ1) is 24.2. The lowest BCUT2D eigenvalue weighted by atomic mass is 9.94. The summed E-state index contributed by atoms with van der Waals surface area (Å²) >= 11 is 12.8. The Morgan fingerprint density at radius 2 is 1.66 bits per heavy atom. The standard InChI is InChI=1S/C37H45Cl2N5O6/c1-6-50-34(45)24-44-31-11-8-7-10-30(31)40-37(44)43-16-9-15-42(18-19-43)17-14-26(25-12-13-28(38)29(39)20-25)23-41(2)36(46)27-21-32(47-3)35(49-5)33(22-27)48-4/h7-8,10-13,20-22,26H,6,9,14-19,23-24H2,1-5H3. The highest BCUT2D eigenvalue weighted by molar-refractivity contribution is 6.42. The van der Waals surface area contributed by atoms with Gasteiger partial charge in [0.2, 0.25) is 11.7 Å². The molecule has 5 rings (SSSR count). The molecule has 0 saturated carbocycles. The summed E-state index contributed by atoms with van der Waals surface area (Å²) in [6.07, 6.45) is 1.71. The number of rotatable bonds is 14. The summed E-state index contributed by atoms with van der Waals surface area (Å²) in [5.74, 6) is 1.55. The number of hydrogen-bond acceptors (Lipinski definition) is 9. The summed E-state index contributed by atoms with van der Waals surface area (Å²) in [5.41, 5.74) is 3.19. The molecule has 4 aromatic rings. The molecular weight excluding hydrogens is 681 g/mol. The number of ether oxygens (including phenoxy) is 4. The minimum Gasteiger partial charge on any atom is -0.493 e. The third-order valence-electron chi connectivity index (χ3n) is 9.06. The number of esters is 1. The van der Waals surface area contributed by atoms with E-state index in [-0.39, 0.29) is 24.3 Å². The zero-order chi connectivity index (χ0) is 35.8. The number of hydrogen-bond donors (Lipinski definition) is 0. The smallest absolute Gasteiger partial charge is 0.326 e. The van der Waals surface area contributed by atoms with Crippen LogP contribution < -0.4 is 19.1 Å². The molecule has 1 amide bonds. The van der Waals surface area contributed by atoms with E-state index >= 15 is 0 Å². The van der Waals surface area contributed by atoms with Gasteiger partial charge in [-0.15, -0.1) is 0 Å². The van der Waals surface area contributed by atoms with E-state index in [0.29, 0.717) is 46.0 Å². The second kappa shape index (κ2) is 17.2. The van der Waals surface area contributed by atoms with Crippen LogP contribution in [0.4, 0.5) is 5.95 Å². The van der Waals surface area contributed by atoms with Crippen LogP contribution in [-0.2, 0) is 16.1 Å². The Morgan fingerprint density at radius 3 is 2.34 bits per heavy atom. The van der Waals surface area contributed by atoms with E-state index in [1.54, 1.807) is 30.1 Å². The minimum absolute atomic E-state index is 0.0195. The van der Waals surface area contributed by atoms with Crippen molar-refractivity contribution >= 4 is 52.1 Å². The van der Waals surface area contributed by atoms with Crippen LogP contribution in [0.1, 0.15) is 41.6 Å². The second-order valence-electron chi connectivity index (χ2n) is 12.2. The predicted octanol–water partition coefficient (Wildman–Crippen LogP) is 6.39. The first kappa shape index (κ1) is 37.1. The van der Waals surface area contributed by atoms with Crippen LogP contribution in [-0.4, -0.2) is 105 Å². The Balaban J connectivity index is 1.31. The van der Waals surface area contributed by atoms with E-state index in [2.05, 4.69) is 9.80 Å². The number of likely N-dealkylation sites (N-methyl/N-ethyl adjacent to an activating group) is 1. The van der Waals surface area contributed by atoms with Crippen molar-refractivity contribution in [2.45, 2.75) is 32.2 Å². The molecule has 1 aromatic heterocycles. The summed E-state index contributed by atoms with van der Waals surface area (Å²) in [5, 5.41) is 0.960. The van der Waals surface area contributed by atoms with Gasteiger partial charge in [-0.2, -0.15) is 0 Å². The van der Waals surface area contributed by atoms with E-state index < -0.39 is 0 Å². The number of carbonyl (C=O) groups is 2. The maximum atomic E-state index is 13.8. The van der Waals surface area contributed by atoms with Crippen LogP contribution in [0.5, 0.6) is 17.2 Å². The number of halogens is 2. The van der Waals surface area contributed by atoms with Gasteiger partial charge in [0.25, 0.3) is 5.91 Å². The van der Waals surface area contributed by atoms with Crippen LogP contribution in [0.25, 0.3) is 11.0 Å². The van der Waals surface area contributed by atoms with E-state index in [1.807, 2.05) is 47.9 Å². The Kier molecular flexibility index (Phi) is 12.7. The van der Waals surface area contributed by atoms with Crippen molar-refractivity contribution in [2.24, 2.45) is 0 Å². The van der Waals surface area contributed by atoms with Gasteiger partial charge in [-0.25, -0.2) is 4.98 Å². The van der Waals surface area contributed by atoms with E-state index in [1.165, 1.54) is 21.3 Å². The van der Waals surface area contributed by atoms with Crippen LogP contribution in [0.15, 0.2) is 54.6 Å². The molecule has 1 fully saturated rings. The fourth-order valence-corrected chi connectivity index (χ4v) is 6.80. The minimum atomic E-state index is -0.282. The molecule has 13 heteroatoms. The number of amides is 1. The van der Waals surface area contributed by atoms with Crippen molar-refractivity contribution in [3.8, 4) is 17.2 Å². The van der Waals surface area contributed by atoms with E-state index in [0.717, 1.165) is 68.1 Å². The Bertz CT molecular complexity index is 1770. The molecule has 0 radical (unpaired) electrons. The highest BCUT2D eigenvalue weighted by atomic mass is 35.5. The van der Waals surface area contributed by atoms with Crippen LogP contribution in [0.2, 0.25) is 10.0 Å². The van der Waals surface area contributed by atoms with Crippen molar-refractivity contribution in [1.29, 1.82) is 0 Å². The molecule has 3 aromatic carbocycles. The number of methoxy groups -OCH3 is 3. The maximum absolute atomic E-state index is 13.8. The molecule has 1 aliphatic heterocycles. The molecule has 1 unspecified atom stereocenters. The summed E-state index contributed by atoms with van der Waals surface area (Å²) in [6, 6.07) is 16.9. The number of benzene rings is 3. The molecule has 268 valence electrons. The molecule has 1 saturated heterocycles. The van der Waals surface area contributed by atoms with Gasteiger partial charge in [0.15, 0.2) is 11.5 Å². The third kappa shape index (κ3) is 8.57. The highest BCUT2D eigenvalue weighted by Crippen LogP contribution is 2.39. The number of aromatic nitrogens is 2. The summed E-state index contributed by atoms with van der Waals surface area (Å²) in [4.78, 5) is 37.7. The third-order valence-corrected chi connectivity index (χ3v) is 9.80. The number of para-hydroxylation sites is 2. The largest absolute Gasteiger partial charge is 0.493 e. The molecule has 1 aliphatic rings. The fraction of sp³-hybridized carbons (Fsp3) is 0.432. The summed E-state index contributed by atoms with van der Waals surface area (Å²) in [6.45, 7) is 6.80. The first-order valence-electron chi connectivity index (χ1n) is 16.8. The molecule has 0 N–H and O–H groups in total. The lowest BCUT2D eigenvalue weighted by molar-refractivity contribution is -0.143. The molecule has 50 heavy (non-hydrogen) atoms. The first-order valence-corrected chi connectivity index (χ1v) is 17.5. The number of anilines is 1. The van der Waals surface area contributed by atoms with Crippen molar-refractivity contribution < 1.29 is 28.5 Å². The van der Waals surface area contributed by atoms with Crippen molar-refractivity contribution in [2.75, 3.05) is 79.2 Å². The van der Waals surface area contributed by atoms with Gasteiger partial charge in [-0.05, 0) is 74.8 Å². The average Bonchev–Trinajstić information content (AvgIpc) is 3.30. The fourth-order valence-electron chi connectivity index (χ4n) is 6.50. The van der Waals surface area contributed by atoms with Crippen molar-refractivity contribution in [3.05, 3.63) is 75.8 Å². The molecular formula is C37H45Cl2N5O6. The molecule has 0 aliphatic carbocycles. The average molecular weight is 727 g/mol. The number of fused-ring (bicyclic) bond motifs is 1. The van der Waals surface area contributed by atoms with Crippen LogP contribution in [0.3, 0.4) is 0 Å². The zero-order valence-electron chi connectivity index (χ0n) is 29.3. The lowest BCUT2D eigenvalue weighted by Gasteiger charge is -2.28. The van der Waals surface area contributed by atoms with E-state index in [9.17, 15) is 9.59 Å². The van der Waals surface area contributed by atoms with Gasteiger partial charge >= 0.3 is 5.97 Å². The highest BCUT2D eigenvalue weighted by Gasteiger charge is 2.26. The van der Waals surface area contributed by atoms with Gasteiger partial charge in [0.1, 0.15) is 6.54 Å².